The maximum atomic E-state index is 4.54. The quantitative estimate of drug-likeness (QED) is 0.830. The molecule has 0 aromatic carbocycles. The van der Waals surface area contributed by atoms with E-state index in [2.05, 4.69) is 40.8 Å². The molecule has 0 aliphatic rings. The van der Waals surface area contributed by atoms with Crippen molar-refractivity contribution in [2.45, 2.75) is 39.2 Å². The van der Waals surface area contributed by atoms with E-state index in [0.29, 0.717) is 0 Å². The lowest BCUT2D eigenvalue weighted by Gasteiger charge is -2.17. The average Bonchev–Trinajstić information content (AvgIpc) is 3.00. The van der Waals surface area contributed by atoms with Crippen molar-refractivity contribution in [3.05, 3.63) is 29.3 Å². The molecular formula is C14H24N6. The number of aromatic nitrogens is 5. The van der Waals surface area contributed by atoms with E-state index in [0.717, 1.165) is 37.2 Å². The van der Waals surface area contributed by atoms with Crippen LogP contribution in [0.15, 0.2) is 12.4 Å². The summed E-state index contributed by atoms with van der Waals surface area (Å²) in [7, 11) is 3.87. The molecule has 0 amide bonds. The first-order valence-electron chi connectivity index (χ1n) is 7.25. The average molecular weight is 276 g/mol. The van der Waals surface area contributed by atoms with Crippen LogP contribution < -0.4 is 5.32 Å². The molecule has 6 heteroatoms. The molecule has 2 aromatic heterocycles. The van der Waals surface area contributed by atoms with E-state index in [1.807, 2.05) is 25.0 Å². The second-order valence-electron chi connectivity index (χ2n) is 5.15. The smallest absolute Gasteiger partial charge is 0.0845 e. The fourth-order valence-corrected chi connectivity index (χ4v) is 2.43. The standard InChI is InChI=1S/C14H24N6/c1-5-7-15-14(8-11-9-20(4)18-16-11)12-10-19(3)17-13(12)6-2/h9-10,14-15H,5-8H2,1-4H3. The molecule has 0 aliphatic carbocycles. The van der Waals surface area contributed by atoms with Crippen molar-refractivity contribution < 1.29 is 0 Å². The maximum absolute atomic E-state index is 4.54. The minimum atomic E-state index is 0.246. The van der Waals surface area contributed by atoms with Gasteiger partial charge in [-0.05, 0) is 19.4 Å². The first-order chi connectivity index (χ1) is 9.63. The van der Waals surface area contributed by atoms with Gasteiger partial charge in [-0.15, -0.1) is 5.10 Å². The van der Waals surface area contributed by atoms with E-state index in [9.17, 15) is 0 Å². The fraction of sp³-hybridized carbons (Fsp3) is 0.643. The minimum Gasteiger partial charge on any atom is -0.309 e. The van der Waals surface area contributed by atoms with Gasteiger partial charge in [0.25, 0.3) is 0 Å². The summed E-state index contributed by atoms with van der Waals surface area (Å²) in [4.78, 5) is 0. The van der Waals surface area contributed by atoms with Gasteiger partial charge in [0, 0.05) is 44.5 Å². The van der Waals surface area contributed by atoms with Gasteiger partial charge in [-0.25, -0.2) is 0 Å². The lowest BCUT2D eigenvalue weighted by molar-refractivity contribution is 0.520. The van der Waals surface area contributed by atoms with Gasteiger partial charge < -0.3 is 5.32 Å². The van der Waals surface area contributed by atoms with Crippen molar-refractivity contribution in [3.8, 4) is 0 Å². The molecular weight excluding hydrogens is 252 g/mol. The zero-order chi connectivity index (χ0) is 14.5. The second kappa shape index (κ2) is 6.65. The molecule has 0 fully saturated rings. The van der Waals surface area contributed by atoms with Crippen LogP contribution in [0.25, 0.3) is 0 Å². The highest BCUT2D eigenvalue weighted by Gasteiger charge is 2.19. The Bertz CT molecular complexity index is 542. The number of hydrogen-bond acceptors (Lipinski definition) is 4. The van der Waals surface area contributed by atoms with Crippen molar-refractivity contribution in [1.29, 1.82) is 0 Å². The molecule has 20 heavy (non-hydrogen) atoms. The monoisotopic (exact) mass is 276 g/mol. The van der Waals surface area contributed by atoms with Crippen molar-refractivity contribution in [1.82, 2.24) is 30.1 Å². The topological polar surface area (TPSA) is 60.6 Å². The van der Waals surface area contributed by atoms with E-state index in [1.165, 1.54) is 5.56 Å². The third kappa shape index (κ3) is 3.45. The molecule has 0 saturated carbocycles. The molecule has 2 heterocycles. The summed E-state index contributed by atoms with van der Waals surface area (Å²) in [6.07, 6.45) is 6.98. The summed E-state index contributed by atoms with van der Waals surface area (Å²) in [5.41, 5.74) is 3.44. The molecule has 1 atom stereocenters. The zero-order valence-electron chi connectivity index (χ0n) is 12.8. The zero-order valence-corrected chi connectivity index (χ0v) is 12.8. The van der Waals surface area contributed by atoms with Crippen LogP contribution in [0.3, 0.4) is 0 Å². The Kier molecular flexibility index (Phi) is 4.89. The number of nitrogens with one attached hydrogen (secondary N) is 1. The molecule has 1 N–H and O–H groups in total. The van der Waals surface area contributed by atoms with Gasteiger partial charge in [0.15, 0.2) is 0 Å². The lowest BCUT2D eigenvalue weighted by atomic mass is 10.0. The van der Waals surface area contributed by atoms with E-state index in [-0.39, 0.29) is 6.04 Å². The van der Waals surface area contributed by atoms with E-state index in [1.54, 1.807) is 4.68 Å². The number of rotatable bonds is 7. The number of nitrogens with zero attached hydrogens (tertiary/aromatic N) is 5. The van der Waals surface area contributed by atoms with Gasteiger partial charge in [0.2, 0.25) is 0 Å². The Balaban J connectivity index is 2.21. The summed E-state index contributed by atoms with van der Waals surface area (Å²) in [6.45, 7) is 5.31. The molecule has 0 saturated heterocycles. The first-order valence-corrected chi connectivity index (χ1v) is 7.25. The van der Waals surface area contributed by atoms with Crippen LogP contribution >= 0.6 is 0 Å². The van der Waals surface area contributed by atoms with Crippen molar-refractivity contribution in [2.75, 3.05) is 6.54 Å². The third-order valence-electron chi connectivity index (χ3n) is 3.35. The van der Waals surface area contributed by atoms with Gasteiger partial charge in [0.05, 0.1) is 11.4 Å². The van der Waals surface area contributed by atoms with Gasteiger partial charge >= 0.3 is 0 Å². The largest absolute Gasteiger partial charge is 0.309 e. The fourth-order valence-electron chi connectivity index (χ4n) is 2.43. The van der Waals surface area contributed by atoms with Crippen molar-refractivity contribution in [2.24, 2.45) is 14.1 Å². The maximum Gasteiger partial charge on any atom is 0.0845 e. The molecule has 0 spiro atoms. The minimum absolute atomic E-state index is 0.246. The SMILES string of the molecule is CCCNC(Cc1cn(C)nn1)c1cn(C)nc1CC. The first kappa shape index (κ1) is 14.7. The Morgan fingerprint density at radius 1 is 1.20 bits per heavy atom. The van der Waals surface area contributed by atoms with Crippen LogP contribution in [0.1, 0.15) is 43.3 Å². The van der Waals surface area contributed by atoms with Crippen LogP contribution in [0.5, 0.6) is 0 Å². The van der Waals surface area contributed by atoms with Crippen molar-refractivity contribution in [3.63, 3.8) is 0 Å². The van der Waals surface area contributed by atoms with Gasteiger partial charge in [-0.3, -0.25) is 9.36 Å². The normalized spacial score (nSPS) is 12.8. The van der Waals surface area contributed by atoms with Crippen LogP contribution in [0, 0.1) is 0 Å². The predicted molar refractivity (Wildman–Crippen MR) is 78.3 cm³/mol. The molecule has 0 aliphatic heterocycles. The lowest BCUT2D eigenvalue weighted by Crippen LogP contribution is -2.24. The van der Waals surface area contributed by atoms with Crippen LogP contribution in [0.2, 0.25) is 0 Å². The van der Waals surface area contributed by atoms with E-state index < -0.39 is 0 Å². The van der Waals surface area contributed by atoms with E-state index >= 15 is 0 Å². The highest BCUT2D eigenvalue weighted by atomic mass is 15.4. The second-order valence-corrected chi connectivity index (χ2v) is 5.15. The van der Waals surface area contributed by atoms with Gasteiger partial charge in [0.1, 0.15) is 0 Å². The molecule has 2 aromatic rings. The molecule has 1 unspecified atom stereocenters. The molecule has 6 nitrogen and oxygen atoms in total. The van der Waals surface area contributed by atoms with Gasteiger partial charge in [-0.1, -0.05) is 19.1 Å². The Hall–Kier alpha value is -1.69. The molecule has 2 rings (SSSR count). The number of aryl methyl sites for hydroxylation is 3. The summed E-state index contributed by atoms with van der Waals surface area (Å²) in [5, 5.41) is 16.3. The summed E-state index contributed by atoms with van der Waals surface area (Å²) in [5.74, 6) is 0. The molecule has 0 bridgehead atoms. The van der Waals surface area contributed by atoms with E-state index in [4.69, 9.17) is 0 Å². The summed E-state index contributed by atoms with van der Waals surface area (Å²) in [6, 6.07) is 0.246. The number of hydrogen-bond donors (Lipinski definition) is 1. The highest BCUT2D eigenvalue weighted by molar-refractivity contribution is 5.23. The van der Waals surface area contributed by atoms with Crippen molar-refractivity contribution >= 4 is 0 Å². The highest BCUT2D eigenvalue weighted by Crippen LogP contribution is 2.21. The summed E-state index contributed by atoms with van der Waals surface area (Å²) < 4.78 is 3.64. The van der Waals surface area contributed by atoms with Crippen LogP contribution in [-0.4, -0.2) is 31.3 Å². The molecule has 110 valence electrons. The van der Waals surface area contributed by atoms with Crippen LogP contribution in [0.4, 0.5) is 0 Å². The summed E-state index contributed by atoms with van der Waals surface area (Å²) >= 11 is 0. The predicted octanol–water partition coefficient (Wildman–Crippen LogP) is 1.39. The Morgan fingerprint density at radius 3 is 2.60 bits per heavy atom. The Labute approximate surface area is 120 Å². The third-order valence-corrected chi connectivity index (χ3v) is 3.35. The van der Waals surface area contributed by atoms with Gasteiger partial charge in [-0.2, -0.15) is 5.10 Å². The van der Waals surface area contributed by atoms with Crippen LogP contribution in [-0.2, 0) is 26.9 Å². The Morgan fingerprint density at radius 2 is 2.00 bits per heavy atom. The molecule has 0 radical (unpaired) electrons.